The average molecular weight is 398 g/mol. The van der Waals surface area contributed by atoms with Crippen LogP contribution in [0.1, 0.15) is 19.4 Å². The Hall–Kier alpha value is -1.58. The predicted octanol–water partition coefficient (Wildman–Crippen LogP) is 3.45. The number of carbonyl (C=O) groups excluding carboxylic acids is 2. The Morgan fingerprint density at radius 2 is 2.04 bits per heavy atom. The number of thioether (sulfide) groups is 2. The van der Waals surface area contributed by atoms with Gasteiger partial charge in [0, 0.05) is 5.75 Å². The number of ether oxygens (including phenoxy) is 1. The van der Waals surface area contributed by atoms with Crippen molar-refractivity contribution < 1.29 is 14.3 Å². The van der Waals surface area contributed by atoms with Gasteiger partial charge in [-0.15, -0.1) is 22.0 Å². The molecule has 6 nitrogen and oxygen atoms in total. The molecule has 1 unspecified atom stereocenters. The maximum atomic E-state index is 12.2. The molecule has 0 aliphatic rings. The first-order valence-electron chi connectivity index (χ1n) is 7.66. The predicted molar refractivity (Wildman–Crippen MR) is 103 cm³/mol. The minimum atomic E-state index is -0.292. The molecule has 0 fully saturated rings. The first-order valence-corrected chi connectivity index (χ1v) is 10.5. The van der Waals surface area contributed by atoms with Crippen LogP contribution in [0.4, 0.5) is 5.13 Å². The zero-order valence-electron chi connectivity index (χ0n) is 13.9. The van der Waals surface area contributed by atoms with E-state index in [1.165, 1.54) is 28.7 Å². The number of benzene rings is 1. The second-order valence-electron chi connectivity index (χ2n) is 4.89. The third kappa shape index (κ3) is 7.05. The maximum Gasteiger partial charge on any atom is 0.316 e. The van der Waals surface area contributed by atoms with E-state index in [2.05, 4.69) is 15.5 Å². The lowest BCUT2D eigenvalue weighted by molar-refractivity contribution is -0.139. The van der Waals surface area contributed by atoms with E-state index in [9.17, 15) is 9.59 Å². The second kappa shape index (κ2) is 10.4. The molecule has 1 amide bonds. The molecule has 0 aliphatic heterocycles. The molecule has 0 spiro atoms. The van der Waals surface area contributed by atoms with Crippen LogP contribution in [0.25, 0.3) is 0 Å². The summed E-state index contributed by atoms with van der Waals surface area (Å²) < 4.78 is 5.47. The van der Waals surface area contributed by atoms with Crippen molar-refractivity contribution in [1.82, 2.24) is 10.2 Å². The van der Waals surface area contributed by atoms with Crippen molar-refractivity contribution in [1.29, 1.82) is 0 Å². The van der Waals surface area contributed by atoms with Crippen LogP contribution in [-0.2, 0) is 20.1 Å². The van der Waals surface area contributed by atoms with E-state index in [1.807, 2.05) is 37.3 Å². The fourth-order valence-corrected chi connectivity index (χ4v) is 4.12. The van der Waals surface area contributed by atoms with E-state index in [4.69, 9.17) is 4.74 Å². The number of nitrogens with zero attached hydrogens (tertiary/aromatic N) is 2. The van der Waals surface area contributed by atoms with E-state index < -0.39 is 0 Å². The summed E-state index contributed by atoms with van der Waals surface area (Å²) >= 11 is 4.05. The monoisotopic (exact) mass is 397 g/mol. The van der Waals surface area contributed by atoms with Crippen LogP contribution in [0.15, 0.2) is 34.7 Å². The van der Waals surface area contributed by atoms with Gasteiger partial charge < -0.3 is 4.74 Å². The number of hydrogen-bond donors (Lipinski definition) is 1. The molecule has 2 rings (SSSR count). The zero-order valence-corrected chi connectivity index (χ0v) is 16.4. The fourth-order valence-electron chi connectivity index (χ4n) is 1.72. The third-order valence-electron chi connectivity index (χ3n) is 2.97. The van der Waals surface area contributed by atoms with Crippen molar-refractivity contribution in [3.05, 3.63) is 35.9 Å². The Morgan fingerprint density at radius 3 is 2.76 bits per heavy atom. The molecule has 0 radical (unpaired) electrons. The number of anilines is 1. The Labute approximate surface area is 159 Å². The maximum absolute atomic E-state index is 12.2. The summed E-state index contributed by atoms with van der Waals surface area (Å²) in [6, 6.07) is 10.0. The number of esters is 1. The largest absolute Gasteiger partial charge is 0.465 e. The van der Waals surface area contributed by atoms with Gasteiger partial charge in [0.2, 0.25) is 11.0 Å². The molecule has 0 saturated heterocycles. The highest BCUT2D eigenvalue weighted by atomic mass is 32.2. The summed E-state index contributed by atoms with van der Waals surface area (Å²) in [5.74, 6) is 0.546. The summed E-state index contributed by atoms with van der Waals surface area (Å²) in [4.78, 5) is 23.5. The number of nitrogens with one attached hydrogen (secondary N) is 1. The first kappa shape index (κ1) is 19.7. The molecule has 2 aromatic rings. The van der Waals surface area contributed by atoms with Gasteiger partial charge >= 0.3 is 5.97 Å². The SMILES string of the molecule is CCOC(=O)CSc1nnc(NC(=O)C(C)SCc2ccccc2)s1. The molecule has 1 N–H and O–H groups in total. The highest BCUT2D eigenvalue weighted by Gasteiger charge is 2.16. The number of hydrogen-bond acceptors (Lipinski definition) is 8. The van der Waals surface area contributed by atoms with Crippen molar-refractivity contribution in [3.63, 3.8) is 0 Å². The Balaban J connectivity index is 1.77. The Kier molecular flexibility index (Phi) is 8.23. The molecular weight excluding hydrogens is 378 g/mol. The molecule has 0 bridgehead atoms. The topological polar surface area (TPSA) is 81.2 Å². The summed E-state index contributed by atoms with van der Waals surface area (Å²) in [7, 11) is 0. The van der Waals surface area contributed by atoms with Crippen molar-refractivity contribution in [2.45, 2.75) is 29.2 Å². The van der Waals surface area contributed by atoms with Crippen LogP contribution in [0.2, 0.25) is 0 Å². The molecule has 134 valence electrons. The minimum Gasteiger partial charge on any atom is -0.465 e. The highest BCUT2D eigenvalue weighted by Crippen LogP contribution is 2.26. The molecule has 9 heteroatoms. The van der Waals surface area contributed by atoms with E-state index in [0.29, 0.717) is 16.1 Å². The normalized spacial score (nSPS) is 11.8. The average Bonchev–Trinajstić information content (AvgIpc) is 3.06. The molecule has 0 aliphatic carbocycles. The van der Waals surface area contributed by atoms with Crippen molar-refractivity contribution in [2.24, 2.45) is 0 Å². The highest BCUT2D eigenvalue weighted by molar-refractivity contribution is 8.01. The van der Waals surface area contributed by atoms with Crippen LogP contribution < -0.4 is 5.32 Å². The zero-order chi connectivity index (χ0) is 18.1. The van der Waals surface area contributed by atoms with Crippen LogP contribution in [-0.4, -0.2) is 39.7 Å². The number of carbonyl (C=O) groups is 2. The lowest BCUT2D eigenvalue weighted by atomic mass is 10.2. The smallest absolute Gasteiger partial charge is 0.316 e. The second-order valence-corrected chi connectivity index (χ2v) is 8.42. The molecule has 1 heterocycles. The molecular formula is C16H19N3O3S3. The standard InChI is InChI=1S/C16H19N3O3S3/c1-3-22-13(20)10-24-16-19-18-15(25-16)17-14(21)11(2)23-9-12-7-5-4-6-8-12/h4-8,11H,3,9-10H2,1-2H3,(H,17,18,21). The van der Waals surface area contributed by atoms with Crippen LogP contribution in [0.3, 0.4) is 0 Å². The van der Waals surface area contributed by atoms with Gasteiger partial charge in [-0.05, 0) is 19.4 Å². The van der Waals surface area contributed by atoms with Crippen molar-refractivity contribution in [2.75, 3.05) is 17.7 Å². The van der Waals surface area contributed by atoms with Gasteiger partial charge in [0.15, 0.2) is 4.34 Å². The number of amides is 1. The number of rotatable bonds is 9. The van der Waals surface area contributed by atoms with Gasteiger partial charge in [-0.1, -0.05) is 53.4 Å². The van der Waals surface area contributed by atoms with Crippen molar-refractivity contribution >= 4 is 51.9 Å². The van der Waals surface area contributed by atoms with Gasteiger partial charge in [0.25, 0.3) is 0 Å². The molecule has 1 atom stereocenters. The Bertz CT molecular complexity index is 694. The Morgan fingerprint density at radius 1 is 1.28 bits per heavy atom. The van der Waals surface area contributed by atoms with Gasteiger partial charge in [0.1, 0.15) is 0 Å². The van der Waals surface area contributed by atoms with Crippen LogP contribution in [0, 0.1) is 0 Å². The summed E-state index contributed by atoms with van der Waals surface area (Å²) in [5.41, 5.74) is 1.18. The van der Waals surface area contributed by atoms with E-state index in [-0.39, 0.29) is 22.9 Å². The van der Waals surface area contributed by atoms with E-state index >= 15 is 0 Å². The van der Waals surface area contributed by atoms with E-state index in [0.717, 1.165) is 5.75 Å². The molecule has 25 heavy (non-hydrogen) atoms. The van der Waals surface area contributed by atoms with Gasteiger partial charge in [0.05, 0.1) is 17.6 Å². The van der Waals surface area contributed by atoms with Gasteiger partial charge in [-0.2, -0.15) is 0 Å². The molecule has 0 saturated carbocycles. The molecule has 1 aromatic heterocycles. The quantitative estimate of drug-likeness (QED) is 0.394. The minimum absolute atomic E-state index is 0.112. The summed E-state index contributed by atoms with van der Waals surface area (Å²) in [6.07, 6.45) is 0. The fraction of sp³-hybridized carbons (Fsp3) is 0.375. The van der Waals surface area contributed by atoms with Gasteiger partial charge in [-0.25, -0.2) is 0 Å². The summed E-state index contributed by atoms with van der Waals surface area (Å²) in [5, 5.41) is 10.9. The van der Waals surface area contributed by atoms with Gasteiger partial charge in [-0.3, -0.25) is 14.9 Å². The summed E-state index contributed by atoms with van der Waals surface area (Å²) in [6.45, 7) is 3.98. The lowest BCUT2D eigenvalue weighted by Gasteiger charge is -2.10. The first-order chi connectivity index (χ1) is 12.1. The third-order valence-corrected chi connectivity index (χ3v) is 6.13. The van der Waals surface area contributed by atoms with Crippen LogP contribution >= 0.6 is 34.9 Å². The van der Waals surface area contributed by atoms with E-state index in [1.54, 1.807) is 18.7 Å². The van der Waals surface area contributed by atoms with Crippen LogP contribution in [0.5, 0.6) is 0 Å². The lowest BCUT2D eigenvalue weighted by Crippen LogP contribution is -2.22. The number of aromatic nitrogens is 2. The van der Waals surface area contributed by atoms with Crippen molar-refractivity contribution in [3.8, 4) is 0 Å². The molecule has 1 aromatic carbocycles.